The van der Waals surface area contributed by atoms with Crippen molar-refractivity contribution in [3.8, 4) is 0 Å². The Labute approximate surface area is 277 Å². The Balaban J connectivity index is 5.91. The maximum atomic E-state index is 10.8. The highest BCUT2D eigenvalue weighted by molar-refractivity contribution is 4.89. The second kappa shape index (κ2) is 23.1. The zero-order valence-corrected chi connectivity index (χ0v) is 31.2. The van der Waals surface area contributed by atoms with Crippen molar-refractivity contribution >= 4 is 0 Å². The Morgan fingerprint density at radius 2 is 1.22 bits per heavy atom. The first kappa shape index (κ1) is 44.6. The van der Waals surface area contributed by atoms with Gasteiger partial charge in [-0.05, 0) is 80.6 Å². The number of hydrogen-bond donors (Lipinski definition) is 3. The van der Waals surface area contributed by atoms with Crippen LogP contribution in [0.15, 0.2) is 0 Å². The molecular weight excluding hydrogens is 576 g/mol. The van der Waals surface area contributed by atoms with Crippen molar-refractivity contribution in [1.82, 2.24) is 0 Å². The molecule has 0 aliphatic rings. The Morgan fingerprint density at radius 1 is 0.644 bits per heavy atom. The van der Waals surface area contributed by atoms with Crippen LogP contribution in [0.2, 0.25) is 0 Å². The SMILES string of the molecule is CCCOC(C)(CC)CC(CO)OC(C)(CC)C(COC(C)CC(O)COC(C)C)COC(C)(CC)CC(O)COC(C)CC. The lowest BCUT2D eigenvalue weighted by atomic mass is 9.86. The molecule has 0 aliphatic heterocycles. The van der Waals surface area contributed by atoms with E-state index in [2.05, 4.69) is 48.5 Å². The van der Waals surface area contributed by atoms with Gasteiger partial charge < -0.3 is 43.7 Å². The molecule has 0 amide bonds. The summed E-state index contributed by atoms with van der Waals surface area (Å²) in [5, 5.41) is 31.7. The van der Waals surface area contributed by atoms with Crippen LogP contribution in [0.3, 0.4) is 0 Å². The highest BCUT2D eigenvalue weighted by Gasteiger charge is 2.40. The minimum Gasteiger partial charge on any atom is -0.394 e. The summed E-state index contributed by atoms with van der Waals surface area (Å²) in [5.74, 6) is -0.188. The van der Waals surface area contributed by atoms with E-state index in [9.17, 15) is 15.3 Å². The quantitative estimate of drug-likeness (QED) is 0.0838. The summed E-state index contributed by atoms with van der Waals surface area (Å²) < 4.78 is 37.3. The van der Waals surface area contributed by atoms with Gasteiger partial charge in [0.15, 0.2) is 0 Å². The molecule has 9 nitrogen and oxygen atoms in total. The van der Waals surface area contributed by atoms with Gasteiger partial charge in [0.2, 0.25) is 0 Å². The predicted molar refractivity (Wildman–Crippen MR) is 182 cm³/mol. The predicted octanol–water partition coefficient (Wildman–Crippen LogP) is 6.47. The van der Waals surface area contributed by atoms with Gasteiger partial charge in [-0.1, -0.05) is 34.6 Å². The Morgan fingerprint density at radius 3 is 1.73 bits per heavy atom. The van der Waals surface area contributed by atoms with E-state index in [1.165, 1.54) is 0 Å². The third kappa shape index (κ3) is 18.7. The van der Waals surface area contributed by atoms with E-state index in [-0.39, 0.29) is 44.1 Å². The van der Waals surface area contributed by atoms with Crippen LogP contribution in [-0.2, 0) is 28.4 Å². The molecular formula is C36H74O9. The zero-order valence-electron chi connectivity index (χ0n) is 31.2. The van der Waals surface area contributed by atoms with E-state index in [4.69, 9.17) is 28.4 Å². The highest BCUT2D eigenvalue weighted by atomic mass is 16.5. The normalized spacial score (nSPS) is 20.5. The molecule has 0 aromatic carbocycles. The molecule has 0 bridgehead atoms. The van der Waals surface area contributed by atoms with E-state index in [0.29, 0.717) is 51.9 Å². The molecule has 9 atom stereocenters. The van der Waals surface area contributed by atoms with Crippen molar-refractivity contribution in [2.24, 2.45) is 5.92 Å². The maximum absolute atomic E-state index is 10.8. The molecule has 0 heterocycles. The van der Waals surface area contributed by atoms with Crippen LogP contribution < -0.4 is 0 Å². The van der Waals surface area contributed by atoms with Gasteiger partial charge in [-0.15, -0.1) is 0 Å². The second-order valence-electron chi connectivity index (χ2n) is 14.1. The molecule has 0 spiro atoms. The van der Waals surface area contributed by atoms with Crippen LogP contribution in [-0.4, -0.2) is 108 Å². The second-order valence-corrected chi connectivity index (χ2v) is 14.1. The van der Waals surface area contributed by atoms with Crippen molar-refractivity contribution < 1.29 is 43.7 Å². The van der Waals surface area contributed by atoms with E-state index in [1.54, 1.807) is 0 Å². The van der Waals surface area contributed by atoms with Crippen molar-refractivity contribution in [2.45, 2.75) is 188 Å². The molecule has 3 N–H and O–H groups in total. The molecule has 9 unspecified atom stereocenters. The molecule has 45 heavy (non-hydrogen) atoms. The molecule has 0 fully saturated rings. The average Bonchev–Trinajstić information content (AvgIpc) is 3.00. The molecule has 0 rings (SSSR count). The molecule has 272 valence electrons. The Kier molecular flexibility index (Phi) is 22.9. The highest BCUT2D eigenvalue weighted by Crippen LogP contribution is 2.34. The lowest BCUT2D eigenvalue weighted by Crippen LogP contribution is -2.49. The molecule has 0 radical (unpaired) electrons. The summed E-state index contributed by atoms with van der Waals surface area (Å²) >= 11 is 0. The van der Waals surface area contributed by atoms with Crippen LogP contribution in [0.1, 0.15) is 134 Å². The topological polar surface area (TPSA) is 116 Å². The van der Waals surface area contributed by atoms with Crippen molar-refractivity contribution in [2.75, 3.05) is 39.6 Å². The molecule has 9 heteroatoms. The third-order valence-electron chi connectivity index (χ3n) is 9.27. The Hall–Kier alpha value is -0.360. The summed E-state index contributed by atoms with van der Waals surface area (Å²) in [6.07, 6.45) is 3.71. The van der Waals surface area contributed by atoms with Gasteiger partial charge in [-0.3, -0.25) is 0 Å². The lowest BCUT2D eigenvalue weighted by Gasteiger charge is -2.43. The first-order valence-corrected chi connectivity index (χ1v) is 17.8. The van der Waals surface area contributed by atoms with Crippen LogP contribution in [0.5, 0.6) is 0 Å². The van der Waals surface area contributed by atoms with Gasteiger partial charge in [-0.25, -0.2) is 0 Å². The molecule has 0 aromatic heterocycles. The minimum atomic E-state index is -0.682. The summed E-state index contributed by atoms with van der Waals surface area (Å²) in [6.45, 7) is 26.2. The van der Waals surface area contributed by atoms with E-state index < -0.39 is 35.1 Å². The lowest BCUT2D eigenvalue weighted by molar-refractivity contribution is -0.192. The number of rotatable bonds is 29. The van der Waals surface area contributed by atoms with Crippen molar-refractivity contribution in [3.63, 3.8) is 0 Å². The molecule has 0 saturated carbocycles. The van der Waals surface area contributed by atoms with Crippen LogP contribution in [0.25, 0.3) is 0 Å². The number of aliphatic hydroxyl groups is 3. The summed E-state index contributed by atoms with van der Waals surface area (Å²) in [4.78, 5) is 0. The van der Waals surface area contributed by atoms with Crippen molar-refractivity contribution in [3.05, 3.63) is 0 Å². The largest absolute Gasteiger partial charge is 0.394 e. The fourth-order valence-corrected chi connectivity index (χ4v) is 5.19. The van der Waals surface area contributed by atoms with E-state index in [0.717, 1.165) is 19.3 Å². The van der Waals surface area contributed by atoms with Crippen LogP contribution in [0.4, 0.5) is 0 Å². The summed E-state index contributed by atoms with van der Waals surface area (Å²) in [7, 11) is 0. The third-order valence-corrected chi connectivity index (χ3v) is 9.27. The summed E-state index contributed by atoms with van der Waals surface area (Å²) in [5.41, 5.74) is -1.66. The molecule has 0 saturated heterocycles. The minimum absolute atomic E-state index is 0.0502. The van der Waals surface area contributed by atoms with Crippen molar-refractivity contribution in [1.29, 1.82) is 0 Å². The fraction of sp³-hybridized carbons (Fsp3) is 1.00. The monoisotopic (exact) mass is 651 g/mol. The molecule has 0 aliphatic carbocycles. The van der Waals surface area contributed by atoms with Crippen LogP contribution in [0, 0.1) is 5.92 Å². The van der Waals surface area contributed by atoms with E-state index in [1.807, 2.05) is 34.6 Å². The van der Waals surface area contributed by atoms with Gasteiger partial charge in [0.05, 0.1) is 86.5 Å². The maximum Gasteiger partial charge on any atom is 0.0840 e. The van der Waals surface area contributed by atoms with E-state index >= 15 is 0 Å². The van der Waals surface area contributed by atoms with Gasteiger partial charge in [-0.2, -0.15) is 0 Å². The first-order valence-electron chi connectivity index (χ1n) is 17.8. The Bertz CT molecular complexity index is 725. The first-order chi connectivity index (χ1) is 21.0. The van der Waals surface area contributed by atoms with Gasteiger partial charge in [0.1, 0.15) is 0 Å². The fourth-order valence-electron chi connectivity index (χ4n) is 5.19. The number of ether oxygens (including phenoxy) is 6. The zero-order chi connectivity index (χ0) is 34.7. The van der Waals surface area contributed by atoms with Gasteiger partial charge in [0, 0.05) is 31.8 Å². The standard InChI is InChI=1S/C36H74O9/c1-13-18-43-35(11,16-4)21-33(22-37)45-36(12,17-5)30(23-41-29(9)19-31(38)25-40-27(6)7)24-44-34(10,15-3)20-32(39)26-42-28(8)14-2/h27-33,37-39H,13-26H2,1-12H3. The summed E-state index contributed by atoms with van der Waals surface area (Å²) in [6, 6.07) is 0. The number of aliphatic hydroxyl groups excluding tert-OH is 3. The average molecular weight is 651 g/mol. The van der Waals surface area contributed by atoms with Gasteiger partial charge in [0.25, 0.3) is 0 Å². The molecule has 0 aromatic rings. The smallest absolute Gasteiger partial charge is 0.0840 e. The number of hydrogen-bond acceptors (Lipinski definition) is 9. The van der Waals surface area contributed by atoms with Gasteiger partial charge >= 0.3 is 0 Å². The van der Waals surface area contributed by atoms with Crippen LogP contribution >= 0.6 is 0 Å².